The number of nitrogens with zero attached hydrogens (tertiary/aromatic N) is 5. The monoisotopic (exact) mass is 346 g/mol. The number of aromatic nitrogens is 5. The van der Waals surface area contributed by atoms with E-state index in [4.69, 9.17) is 0 Å². The molecule has 0 aliphatic heterocycles. The third kappa shape index (κ3) is 3.00. The maximum Gasteiger partial charge on any atom is 0.168 e. The van der Waals surface area contributed by atoms with Gasteiger partial charge in [-0.25, -0.2) is 14.6 Å². The van der Waals surface area contributed by atoms with E-state index < -0.39 is 6.10 Å². The number of nitrogens with one attached hydrogen (secondary N) is 1. The van der Waals surface area contributed by atoms with Crippen LogP contribution in [0.5, 0.6) is 0 Å². The second-order valence-corrected chi connectivity index (χ2v) is 5.97. The Balaban J connectivity index is 1.60. The van der Waals surface area contributed by atoms with Crippen molar-refractivity contribution in [1.82, 2.24) is 24.7 Å². The molecule has 1 atom stereocenters. The van der Waals surface area contributed by atoms with E-state index >= 15 is 0 Å². The molecule has 0 bridgehead atoms. The second-order valence-electron chi connectivity index (χ2n) is 5.97. The molecule has 7 nitrogen and oxygen atoms in total. The van der Waals surface area contributed by atoms with Gasteiger partial charge in [0.15, 0.2) is 5.65 Å². The zero-order valence-electron chi connectivity index (χ0n) is 14.2. The standard InChI is InChI=1S/C19H18N6O/c1-13-4-2-3-5-15(13)17(26)11-21-18-16-10-24-25(19(16)23-12-22-18)14-6-8-20-9-7-14/h2-10,12,17,26H,11H2,1H3,(H,21,22,23). The smallest absolute Gasteiger partial charge is 0.168 e. The molecule has 3 heterocycles. The van der Waals surface area contributed by atoms with Crippen LogP contribution in [0.2, 0.25) is 0 Å². The maximum absolute atomic E-state index is 10.5. The van der Waals surface area contributed by atoms with E-state index in [0.29, 0.717) is 18.0 Å². The molecule has 4 rings (SSSR count). The first kappa shape index (κ1) is 16.2. The first-order valence-corrected chi connectivity index (χ1v) is 8.30. The third-order valence-corrected chi connectivity index (χ3v) is 4.28. The SMILES string of the molecule is Cc1ccccc1C(O)CNc1ncnc2c1cnn2-c1ccncc1. The van der Waals surface area contributed by atoms with Crippen LogP contribution in [0.4, 0.5) is 5.82 Å². The van der Waals surface area contributed by atoms with Crippen LogP contribution in [0, 0.1) is 6.92 Å². The van der Waals surface area contributed by atoms with Gasteiger partial charge in [-0.3, -0.25) is 4.98 Å². The Kier molecular flexibility index (Phi) is 4.28. The lowest BCUT2D eigenvalue weighted by molar-refractivity contribution is 0.191. The van der Waals surface area contributed by atoms with Gasteiger partial charge in [0.2, 0.25) is 0 Å². The van der Waals surface area contributed by atoms with Crippen molar-refractivity contribution in [2.75, 3.05) is 11.9 Å². The summed E-state index contributed by atoms with van der Waals surface area (Å²) in [5, 5.41) is 18.9. The number of aliphatic hydroxyl groups is 1. The Labute approximate surface area is 150 Å². The zero-order chi connectivity index (χ0) is 17.9. The number of fused-ring (bicyclic) bond motifs is 1. The summed E-state index contributed by atoms with van der Waals surface area (Å²) in [7, 11) is 0. The molecule has 130 valence electrons. The number of rotatable bonds is 5. The van der Waals surface area contributed by atoms with Gasteiger partial charge in [0.1, 0.15) is 12.1 Å². The van der Waals surface area contributed by atoms with Gasteiger partial charge in [0.05, 0.1) is 23.4 Å². The van der Waals surface area contributed by atoms with Crippen LogP contribution in [-0.4, -0.2) is 36.4 Å². The molecule has 0 saturated heterocycles. The van der Waals surface area contributed by atoms with Crippen LogP contribution >= 0.6 is 0 Å². The Morgan fingerprint density at radius 3 is 2.73 bits per heavy atom. The largest absolute Gasteiger partial charge is 0.387 e. The first-order chi connectivity index (χ1) is 12.7. The number of pyridine rings is 1. The van der Waals surface area contributed by atoms with Crippen LogP contribution in [0.3, 0.4) is 0 Å². The van der Waals surface area contributed by atoms with Gasteiger partial charge in [0.25, 0.3) is 0 Å². The van der Waals surface area contributed by atoms with Gasteiger partial charge in [-0.15, -0.1) is 0 Å². The molecule has 0 amide bonds. The summed E-state index contributed by atoms with van der Waals surface area (Å²) in [4.78, 5) is 12.7. The molecule has 3 aromatic heterocycles. The lowest BCUT2D eigenvalue weighted by Crippen LogP contribution is -2.14. The lowest BCUT2D eigenvalue weighted by atomic mass is 10.0. The van der Waals surface area contributed by atoms with Crippen molar-refractivity contribution in [3.63, 3.8) is 0 Å². The summed E-state index contributed by atoms with van der Waals surface area (Å²) >= 11 is 0. The van der Waals surface area contributed by atoms with Crippen molar-refractivity contribution >= 4 is 16.9 Å². The summed E-state index contributed by atoms with van der Waals surface area (Å²) in [6.07, 6.45) is 6.00. The van der Waals surface area contributed by atoms with Crippen molar-refractivity contribution in [3.05, 3.63) is 72.4 Å². The predicted octanol–water partition coefficient (Wildman–Crippen LogP) is 2.66. The van der Waals surface area contributed by atoms with Crippen molar-refractivity contribution < 1.29 is 5.11 Å². The normalized spacial score (nSPS) is 12.2. The highest BCUT2D eigenvalue weighted by atomic mass is 16.3. The summed E-state index contributed by atoms with van der Waals surface area (Å²) in [5.41, 5.74) is 3.52. The number of aliphatic hydroxyl groups excluding tert-OH is 1. The quantitative estimate of drug-likeness (QED) is 0.577. The van der Waals surface area contributed by atoms with Gasteiger partial charge in [0, 0.05) is 18.9 Å². The lowest BCUT2D eigenvalue weighted by Gasteiger charge is -2.15. The predicted molar refractivity (Wildman–Crippen MR) is 99.1 cm³/mol. The zero-order valence-corrected chi connectivity index (χ0v) is 14.2. The Morgan fingerprint density at radius 2 is 1.92 bits per heavy atom. The Bertz CT molecular complexity index is 1030. The number of aryl methyl sites for hydroxylation is 1. The van der Waals surface area contributed by atoms with E-state index in [2.05, 4.69) is 25.4 Å². The van der Waals surface area contributed by atoms with Gasteiger partial charge in [-0.1, -0.05) is 24.3 Å². The summed E-state index contributed by atoms with van der Waals surface area (Å²) in [6, 6.07) is 11.5. The molecule has 2 N–H and O–H groups in total. The molecule has 7 heteroatoms. The van der Waals surface area contributed by atoms with Crippen molar-refractivity contribution in [2.24, 2.45) is 0 Å². The van der Waals surface area contributed by atoms with Crippen LogP contribution in [-0.2, 0) is 0 Å². The number of hydrogen-bond donors (Lipinski definition) is 2. The molecule has 0 aliphatic carbocycles. The fourth-order valence-electron chi connectivity index (χ4n) is 2.92. The fraction of sp³-hybridized carbons (Fsp3) is 0.158. The molecule has 0 aliphatic rings. The van der Waals surface area contributed by atoms with Crippen LogP contribution in [0.25, 0.3) is 16.7 Å². The van der Waals surface area contributed by atoms with Crippen LogP contribution < -0.4 is 5.32 Å². The van der Waals surface area contributed by atoms with Gasteiger partial charge in [-0.2, -0.15) is 5.10 Å². The third-order valence-electron chi connectivity index (χ3n) is 4.28. The first-order valence-electron chi connectivity index (χ1n) is 8.30. The molecule has 0 saturated carbocycles. The number of hydrogen-bond acceptors (Lipinski definition) is 6. The van der Waals surface area contributed by atoms with E-state index in [9.17, 15) is 5.11 Å². The highest BCUT2D eigenvalue weighted by molar-refractivity contribution is 5.87. The average molecular weight is 346 g/mol. The molecule has 26 heavy (non-hydrogen) atoms. The minimum Gasteiger partial charge on any atom is -0.387 e. The summed E-state index contributed by atoms with van der Waals surface area (Å²) < 4.78 is 1.74. The molecule has 0 fully saturated rings. The Morgan fingerprint density at radius 1 is 1.12 bits per heavy atom. The topological polar surface area (TPSA) is 88.8 Å². The molecule has 1 unspecified atom stereocenters. The highest BCUT2D eigenvalue weighted by Gasteiger charge is 2.14. The van der Waals surface area contributed by atoms with E-state index in [1.165, 1.54) is 6.33 Å². The van der Waals surface area contributed by atoms with Gasteiger partial charge in [-0.05, 0) is 30.2 Å². The average Bonchev–Trinajstić information content (AvgIpc) is 3.12. The minimum atomic E-state index is -0.628. The van der Waals surface area contributed by atoms with Crippen molar-refractivity contribution in [2.45, 2.75) is 13.0 Å². The van der Waals surface area contributed by atoms with Crippen molar-refractivity contribution in [3.8, 4) is 5.69 Å². The Hall–Kier alpha value is -3.32. The molecule has 0 spiro atoms. The number of benzene rings is 1. The highest BCUT2D eigenvalue weighted by Crippen LogP contribution is 2.23. The molecule has 4 aromatic rings. The molecule has 0 radical (unpaired) electrons. The van der Waals surface area contributed by atoms with Gasteiger partial charge >= 0.3 is 0 Å². The van der Waals surface area contributed by atoms with E-state index in [0.717, 1.165) is 22.2 Å². The van der Waals surface area contributed by atoms with Crippen LogP contribution in [0.15, 0.2) is 61.3 Å². The molecular weight excluding hydrogens is 328 g/mol. The number of anilines is 1. The van der Waals surface area contributed by atoms with E-state index in [1.807, 2.05) is 43.3 Å². The minimum absolute atomic E-state index is 0.345. The maximum atomic E-state index is 10.5. The second kappa shape index (κ2) is 6.89. The van der Waals surface area contributed by atoms with Crippen molar-refractivity contribution in [1.29, 1.82) is 0 Å². The molecular formula is C19H18N6O. The van der Waals surface area contributed by atoms with E-state index in [-0.39, 0.29) is 0 Å². The van der Waals surface area contributed by atoms with Crippen LogP contribution in [0.1, 0.15) is 17.2 Å². The summed E-state index contributed by atoms with van der Waals surface area (Å²) in [5.74, 6) is 0.642. The van der Waals surface area contributed by atoms with Gasteiger partial charge < -0.3 is 10.4 Å². The van der Waals surface area contributed by atoms with E-state index in [1.54, 1.807) is 23.3 Å². The summed E-state index contributed by atoms with van der Waals surface area (Å²) in [6.45, 7) is 2.33. The fourth-order valence-corrected chi connectivity index (χ4v) is 2.92. The molecule has 1 aromatic carbocycles.